The molecule has 2 aromatic rings. The molecule has 1 saturated heterocycles. The highest BCUT2D eigenvalue weighted by atomic mass is 79.9. The van der Waals surface area contributed by atoms with E-state index in [-0.39, 0.29) is 18.3 Å². The molecule has 1 aromatic heterocycles. The zero-order valence-electron chi connectivity index (χ0n) is 14.4. The van der Waals surface area contributed by atoms with Crippen LogP contribution >= 0.6 is 15.9 Å². The van der Waals surface area contributed by atoms with Crippen LogP contribution in [0.3, 0.4) is 0 Å². The van der Waals surface area contributed by atoms with E-state index in [1.54, 1.807) is 17.0 Å². The molecular formula is C18H18BrFN4O3. The Bertz CT molecular complexity index is 839. The number of carbonyl (C=O) groups excluding carboxylic acids is 2. The summed E-state index contributed by atoms with van der Waals surface area (Å²) >= 11 is 3.21. The number of hydrogen-bond donors (Lipinski definition) is 1. The third-order valence-electron chi connectivity index (χ3n) is 4.23. The minimum absolute atomic E-state index is 0.115. The lowest BCUT2D eigenvalue weighted by Gasteiger charge is -2.35. The first-order valence-corrected chi connectivity index (χ1v) is 9.10. The number of pyridine rings is 1. The number of nitrogens with zero attached hydrogens (tertiary/aromatic N) is 3. The van der Waals surface area contributed by atoms with Gasteiger partial charge in [-0.2, -0.15) is 0 Å². The molecular weight excluding hydrogens is 419 g/mol. The number of ether oxygens (including phenoxy) is 1. The van der Waals surface area contributed by atoms with E-state index in [0.717, 1.165) is 5.82 Å². The maximum Gasteiger partial charge on any atom is 0.260 e. The molecule has 0 atom stereocenters. The van der Waals surface area contributed by atoms with Crippen LogP contribution in [-0.4, -0.2) is 54.5 Å². The summed E-state index contributed by atoms with van der Waals surface area (Å²) in [5, 5.41) is 0. The lowest BCUT2D eigenvalue weighted by Crippen LogP contribution is -2.50. The molecule has 0 radical (unpaired) electrons. The summed E-state index contributed by atoms with van der Waals surface area (Å²) < 4.78 is 19.0. The van der Waals surface area contributed by atoms with Crippen LogP contribution in [0.25, 0.3) is 0 Å². The third kappa shape index (κ3) is 4.73. The lowest BCUT2D eigenvalue weighted by molar-refractivity contribution is -0.133. The van der Waals surface area contributed by atoms with Crippen molar-refractivity contribution in [3.8, 4) is 5.75 Å². The van der Waals surface area contributed by atoms with Crippen molar-refractivity contribution in [3.63, 3.8) is 0 Å². The number of rotatable bonds is 5. The van der Waals surface area contributed by atoms with Crippen molar-refractivity contribution in [3.05, 3.63) is 52.4 Å². The Hall–Kier alpha value is -2.68. The van der Waals surface area contributed by atoms with E-state index in [4.69, 9.17) is 10.5 Å². The number of halogens is 2. The van der Waals surface area contributed by atoms with Gasteiger partial charge in [-0.25, -0.2) is 9.37 Å². The van der Waals surface area contributed by atoms with Gasteiger partial charge >= 0.3 is 0 Å². The fraction of sp³-hybridized carbons (Fsp3) is 0.278. The van der Waals surface area contributed by atoms with Gasteiger partial charge in [0.05, 0.1) is 10.0 Å². The first-order valence-electron chi connectivity index (χ1n) is 8.30. The van der Waals surface area contributed by atoms with Gasteiger partial charge in [0.2, 0.25) is 5.91 Å². The smallest absolute Gasteiger partial charge is 0.260 e. The molecule has 1 fully saturated rings. The van der Waals surface area contributed by atoms with Gasteiger partial charge in [0.25, 0.3) is 5.91 Å². The zero-order valence-corrected chi connectivity index (χ0v) is 16.0. The van der Waals surface area contributed by atoms with Crippen molar-refractivity contribution in [2.24, 2.45) is 5.73 Å². The second kappa shape index (κ2) is 8.34. The number of nitrogens with two attached hydrogens (primary N) is 1. The second-order valence-electron chi connectivity index (χ2n) is 6.00. The van der Waals surface area contributed by atoms with Crippen LogP contribution in [0.1, 0.15) is 10.4 Å². The van der Waals surface area contributed by atoms with Gasteiger partial charge in [-0.1, -0.05) is 0 Å². The van der Waals surface area contributed by atoms with Crippen LogP contribution in [0.2, 0.25) is 0 Å². The first kappa shape index (κ1) is 19.1. The minimum Gasteiger partial charge on any atom is -0.483 e. The molecule has 9 heteroatoms. The van der Waals surface area contributed by atoms with Gasteiger partial charge in [-0.15, -0.1) is 0 Å². The highest BCUT2D eigenvalue weighted by Crippen LogP contribution is 2.25. The van der Waals surface area contributed by atoms with Crippen molar-refractivity contribution in [2.45, 2.75) is 0 Å². The highest BCUT2D eigenvalue weighted by Gasteiger charge is 2.22. The van der Waals surface area contributed by atoms with Crippen molar-refractivity contribution in [1.82, 2.24) is 9.88 Å². The molecule has 1 aliphatic heterocycles. The number of primary amides is 1. The topological polar surface area (TPSA) is 88.8 Å². The Morgan fingerprint density at radius 2 is 1.93 bits per heavy atom. The van der Waals surface area contributed by atoms with Gasteiger partial charge < -0.3 is 20.3 Å². The highest BCUT2D eigenvalue weighted by molar-refractivity contribution is 9.10. The van der Waals surface area contributed by atoms with Gasteiger partial charge in [0.15, 0.2) is 6.61 Å². The number of benzene rings is 1. The molecule has 0 aliphatic carbocycles. The van der Waals surface area contributed by atoms with Crippen LogP contribution in [0.15, 0.2) is 41.0 Å². The van der Waals surface area contributed by atoms with Crippen LogP contribution in [0.4, 0.5) is 10.2 Å². The molecule has 2 amide bonds. The average molecular weight is 437 g/mol. The Balaban J connectivity index is 1.51. The van der Waals surface area contributed by atoms with E-state index in [2.05, 4.69) is 20.9 Å². The molecule has 1 aromatic carbocycles. The normalized spacial score (nSPS) is 14.1. The predicted molar refractivity (Wildman–Crippen MR) is 101 cm³/mol. The van der Waals surface area contributed by atoms with E-state index in [9.17, 15) is 14.0 Å². The molecule has 3 rings (SSSR count). The zero-order chi connectivity index (χ0) is 19.4. The largest absolute Gasteiger partial charge is 0.483 e. The van der Waals surface area contributed by atoms with Crippen LogP contribution in [0.5, 0.6) is 5.75 Å². The number of anilines is 1. The van der Waals surface area contributed by atoms with Crippen molar-refractivity contribution >= 4 is 33.6 Å². The number of carbonyl (C=O) groups is 2. The van der Waals surface area contributed by atoms with Crippen LogP contribution < -0.4 is 15.4 Å². The number of aromatic nitrogens is 1. The molecule has 2 heterocycles. The number of hydrogen-bond acceptors (Lipinski definition) is 5. The second-order valence-corrected chi connectivity index (χ2v) is 6.85. The van der Waals surface area contributed by atoms with Crippen LogP contribution in [0, 0.1) is 5.82 Å². The molecule has 7 nitrogen and oxygen atoms in total. The Kier molecular flexibility index (Phi) is 5.90. The van der Waals surface area contributed by atoms with E-state index in [0.29, 0.717) is 42.0 Å². The van der Waals surface area contributed by atoms with Crippen molar-refractivity contribution in [2.75, 3.05) is 37.7 Å². The van der Waals surface area contributed by atoms with E-state index < -0.39 is 5.91 Å². The maximum absolute atomic E-state index is 13.1. The minimum atomic E-state index is -0.516. The van der Waals surface area contributed by atoms with E-state index in [1.807, 2.05) is 4.90 Å². The number of amides is 2. The summed E-state index contributed by atoms with van der Waals surface area (Å²) in [4.78, 5) is 31.4. The Morgan fingerprint density at radius 3 is 2.52 bits per heavy atom. The summed E-state index contributed by atoms with van der Waals surface area (Å²) in [5.41, 5.74) is 5.57. The summed E-state index contributed by atoms with van der Waals surface area (Å²) in [6.45, 7) is 2.19. The summed E-state index contributed by atoms with van der Waals surface area (Å²) in [6.07, 6.45) is 1.45. The predicted octanol–water partition coefficient (Wildman–Crippen LogP) is 1.81. The summed E-state index contributed by atoms with van der Waals surface area (Å²) in [6, 6.07) is 7.42. The fourth-order valence-electron chi connectivity index (χ4n) is 2.73. The quantitative estimate of drug-likeness (QED) is 0.771. The Labute approximate surface area is 164 Å². The molecule has 0 spiro atoms. The fourth-order valence-corrected chi connectivity index (χ4v) is 3.19. The van der Waals surface area contributed by atoms with Crippen molar-refractivity contribution in [1.29, 1.82) is 0 Å². The molecule has 0 bridgehead atoms. The molecule has 0 saturated carbocycles. The molecule has 1 aliphatic rings. The standard InChI is InChI=1S/C18H18BrFN4O3/c19-14-9-13(20)2-3-15(14)27-11-17(25)24-7-5-23(6-8-24)16-4-1-12(10-22-16)18(21)26/h1-4,9-10H,5-8,11H2,(H2,21,26). The van der Waals surface area contributed by atoms with Gasteiger partial charge in [0, 0.05) is 32.4 Å². The van der Waals surface area contributed by atoms with Gasteiger partial charge in [-0.05, 0) is 46.3 Å². The van der Waals surface area contributed by atoms with Crippen LogP contribution in [-0.2, 0) is 4.79 Å². The SMILES string of the molecule is NC(=O)c1ccc(N2CCN(C(=O)COc3ccc(F)cc3Br)CC2)nc1. The maximum atomic E-state index is 13.1. The lowest BCUT2D eigenvalue weighted by atomic mass is 10.2. The average Bonchev–Trinajstić information content (AvgIpc) is 2.67. The molecule has 27 heavy (non-hydrogen) atoms. The summed E-state index contributed by atoms with van der Waals surface area (Å²) in [5.74, 6) is 0.120. The van der Waals surface area contributed by atoms with Gasteiger partial charge in [-0.3, -0.25) is 9.59 Å². The molecule has 142 valence electrons. The first-order chi connectivity index (χ1) is 12.9. The molecule has 2 N–H and O–H groups in total. The van der Waals surface area contributed by atoms with E-state index >= 15 is 0 Å². The monoisotopic (exact) mass is 436 g/mol. The molecule has 0 unspecified atom stereocenters. The van der Waals surface area contributed by atoms with E-state index in [1.165, 1.54) is 24.4 Å². The van der Waals surface area contributed by atoms with Gasteiger partial charge in [0.1, 0.15) is 17.4 Å². The van der Waals surface area contributed by atoms with Crippen molar-refractivity contribution < 1.29 is 18.7 Å². The Morgan fingerprint density at radius 1 is 1.19 bits per heavy atom. The third-order valence-corrected chi connectivity index (χ3v) is 4.85. The number of piperazine rings is 1. The summed E-state index contributed by atoms with van der Waals surface area (Å²) in [7, 11) is 0.